The van der Waals surface area contributed by atoms with E-state index in [0.29, 0.717) is 5.25 Å². The van der Waals surface area contributed by atoms with Gasteiger partial charge in [0.25, 0.3) is 0 Å². The van der Waals surface area contributed by atoms with Crippen LogP contribution in [0.4, 0.5) is 0 Å². The lowest BCUT2D eigenvalue weighted by Crippen LogP contribution is -2.00. The largest absolute Gasteiger partial charge is 0.289 e. The third-order valence-electron chi connectivity index (χ3n) is 2.92. The Bertz CT molecular complexity index is 803. The van der Waals surface area contributed by atoms with Crippen LogP contribution in [0.5, 0.6) is 0 Å². The van der Waals surface area contributed by atoms with Crippen LogP contribution >= 0.6 is 23.1 Å². The molecule has 19 heavy (non-hydrogen) atoms. The minimum Gasteiger partial charge on any atom is -0.289 e. The molecule has 2 aromatic carbocycles. The van der Waals surface area contributed by atoms with E-state index in [1.165, 1.54) is 4.90 Å². The van der Waals surface area contributed by atoms with Gasteiger partial charge in [-0.3, -0.25) is 4.79 Å². The normalized spacial score (nSPS) is 11.5. The summed E-state index contributed by atoms with van der Waals surface area (Å²) in [6.45, 7) is 4.33. The fourth-order valence-electron chi connectivity index (χ4n) is 2.13. The molecule has 0 aliphatic carbocycles. The molecule has 0 unspecified atom stereocenters. The van der Waals surface area contributed by atoms with Gasteiger partial charge in [0.1, 0.15) is 0 Å². The highest BCUT2D eigenvalue weighted by atomic mass is 32.2. The van der Waals surface area contributed by atoms with Gasteiger partial charge in [0, 0.05) is 30.3 Å². The first-order valence-electron chi connectivity index (χ1n) is 6.27. The third-order valence-corrected chi connectivity index (χ3v) is 5.07. The van der Waals surface area contributed by atoms with E-state index in [1.807, 2.05) is 30.3 Å². The molecule has 0 fully saturated rings. The zero-order chi connectivity index (χ0) is 13.4. The summed E-state index contributed by atoms with van der Waals surface area (Å²) >= 11 is 3.48. The highest BCUT2D eigenvalue weighted by Crippen LogP contribution is 2.29. The zero-order valence-corrected chi connectivity index (χ0v) is 12.5. The molecule has 0 saturated carbocycles. The van der Waals surface area contributed by atoms with Crippen LogP contribution in [-0.4, -0.2) is 5.25 Å². The van der Waals surface area contributed by atoms with Crippen molar-refractivity contribution in [2.24, 2.45) is 0 Å². The number of hydrogen-bond donors (Lipinski definition) is 0. The van der Waals surface area contributed by atoms with Crippen LogP contribution in [0.25, 0.3) is 20.2 Å². The van der Waals surface area contributed by atoms with Gasteiger partial charge < -0.3 is 0 Å². The summed E-state index contributed by atoms with van der Waals surface area (Å²) in [7, 11) is 0. The molecular formula is C16H14OS2. The first-order valence-corrected chi connectivity index (χ1v) is 7.97. The topological polar surface area (TPSA) is 17.1 Å². The van der Waals surface area contributed by atoms with Crippen molar-refractivity contribution in [1.29, 1.82) is 0 Å². The number of thioether (sulfide) groups is 1. The van der Waals surface area contributed by atoms with Crippen molar-refractivity contribution in [2.75, 3.05) is 0 Å². The number of rotatable bonds is 2. The van der Waals surface area contributed by atoms with Crippen LogP contribution in [0, 0.1) is 0 Å². The molecule has 0 N–H and O–H groups in total. The second kappa shape index (κ2) is 4.99. The molecule has 1 aromatic heterocycles. The van der Waals surface area contributed by atoms with Crippen LogP contribution in [0.2, 0.25) is 0 Å². The maximum absolute atomic E-state index is 12.5. The number of fused-ring (bicyclic) bond motifs is 2. The van der Waals surface area contributed by atoms with E-state index >= 15 is 0 Å². The van der Waals surface area contributed by atoms with Gasteiger partial charge in [0.2, 0.25) is 0 Å². The predicted molar refractivity (Wildman–Crippen MR) is 86.6 cm³/mol. The Morgan fingerprint density at radius 2 is 1.74 bits per heavy atom. The van der Waals surface area contributed by atoms with Gasteiger partial charge in [-0.15, -0.1) is 23.1 Å². The average Bonchev–Trinajstić information content (AvgIpc) is 2.39. The molecule has 0 amide bonds. The van der Waals surface area contributed by atoms with Gasteiger partial charge >= 0.3 is 0 Å². The monoisotopic (exact) mass is 286 g/mol. The van der Waals surface area contributed by atoms with E-state index in [0.717, 1.165) is 20.2 Å². The van der Waals surface area contributed by atoms with Crippen molar-refractivity contribution < 1.29 is 0 Å². The Morgan fingerprint density at radius 3 is 2.53 bits per heavy atom. The molecule has 1 nitrogen and oxygen atoms in total. The summed E-state index contributed by atoms with van der Waals surface area (Å²) in [5.74, 6) is 0. The van der Waals surface area contributed by atoms with E-state index in [9.17, 15) is 4.79 Å². The van der Waals surface area contributed by atoms with Gasteiger partial charge in [-0.05, 0) is 30.3 Å². The first kappa shape index (κ1) is 12.7. The molecule has 0 radical (unpaired) electrons. The Hall–Kier alpha value is -1.32. The van der Waals surface area contributed by atoms with Gasteiger partial charge in [0.15, 0.2) is 5.43 Å². The third kappa shape index (κ3) is 2.40. The van der Waals surface area contributed by atoms with Crippen LogP contribution in [0.1, 0.15) is 13.8 Å². The first-order chi connectivity index (χ1) is 9.15. The zero-order valence-electron chi connectivity index (χ0n) is 10.8. The van der Waals surface area contributed by atoms with Crippen molar-refractivity contribution in [2.45, 2.75) is 24.0 Å². The van der Waals surface area contributed by atoms with Crippen molar-refractivity contribution in [3.63, 3.8) is 0 Å². The molecule has 3 rings (SSSR count). The standard InChI is InChI=1S/C16H14OS2/c1-10(2)18-11-7-8-15-13(9-11)16(17)12-5-3-4-6-14(12)19-15/h3-10H,1-2H3. The molecule has 0 atom stereocenters. The molecule has 0 saturated heterocycles. The Labute approximate surface area is 120 Å². The molecule has 3 aromatic rings. The van der Waals surface area contributed by atoms with Crippen molar-refractivity contribution in [3.05, 3.63) is 52.7 Å². The summed E-state index contributed by atoms with van der Waals surface area (Å²) in [5, 5.41) is 2.19. The van der Waals surface area contributed by atoms with Crippen LogP contribution < -0.4 is 5.43 Å². The van der Waals surface area contributed by atoms with Gasteiger partial charge in [-0.2, -0.15) is 0 Å². The maximum atomic E-state index is 12.5. The number of hydrogen-bond acceptors (Lipinski definition) is 3. The minimum atomic E-state index is 0.149. The fourth-order valence-corrected chi connectivity index (χ4v) is 4.06. The molecule has 1 heterocycles. The quantitative estimate of drug-likeness (QED) is 0.491. The van der Waals surface area contributed by atoms with Crippen LogP contribution in [-0.2, 0) is 0 Å². The van der Waals surface area contributed by atoms with E-state index < -0.39 is 0 Å². The second-order valence-electron chi connectivity index (χ2n) is 4.75. The Balaban J connectivity index is 2.30. The van der Waals surface area contributed by atoms with Crippen LogP contribution in [0.15, 0.2) is 52.2 Å². The van der Waals surface area contributed by atoms with Gasteiger partial charge in [-0.25, -0.2) is 0 Å². The van der Waals surface area contributed by atoms with Crippen LogP contribution in [0.3, 0.4) is 0 Å². The lowest BCUT2D eigenvalue weighted by atomic mass is 10.2. The molecule has 96 valence electrons. The summed E-state index contributed by atoms with van der Waals surface area (Å²) in [6, 6.07) is 14.0. The summed E-state index contributed by atoms with van der Waals surface area (Å²) in [4.78, 5) is 13.7. The smallest absolute Gasteiger partial charge is 0.195 e. The van der Waals surface area contributed by atoms with E-state index in [4.69, 9.17) is 0 Å². The lowest BCUT2D eigenvalue weighted by molar-refractivity contribution is 1.11. The second-order valence-corrected chi connectivity index (χ2v) is 7.49. The van der Waals surface area contributed by atoms with E-state index in [2.05, 4.69) is 26.0 Å². The summed E-state index contributed by atoms with van der Waals surface area (Å²) < 4.78 is 2.13. The Morgan fingerprint density at radius 1 is 1.00 bits per heavy atom. The maximum Gasteiger partial charge on any atom is 0.195 e. The Kier molecular flexibility index (Phi) is 3.33. The minimum absolute atomic E-state index is 0.149. The van der Waals surface area contributed by atoms with E-state index in [-0.39, 0.29) is 5.43 Å². The summed E-state index contributed by atoms with van der Waals surface area (Å²) in [6.07, 6.45) is 0. The van der Waals surface area contributed by atoms with Gasteiger partial charge in [0.05, 0.1) is 0 Å². The molecule has 3 heteroatoms. The van der Waals surface area contributed by atoms with Crippen molar-refractivity contribution >= 4 is 43.3 Å². The number of benzene rings is 2. The SMILES string of the molecule is CC(C)Sc1ccc2sc3ccccc3c(=O)c2c1. The lowest BCUT2D eigenvalue weighted by Gasteiger charge is -2.06. The van der Waals surface area contributed by atoms with E-state index in [1.54, 1.807) is 23.1 Å². The average molecular weight is 286 g/mol. The molecule has 0 spiro atoms. The molecule has 0 aliphatic rings. The van der Waals surface area contributed by atoms with Crippen molar-refractivity contribution in [3.8, 4) is 0 Å². The fraction of sp³-hybridized carbons (Fsp3) is 0.188. The predicted octanol–water partition coefficient (Wildman–Crippen LogP) is 4.92. The highest BCUT2D eigenvalue weighted by Gasteiger charge is 2.07. The van der Waals surface area contributed by atoms with Gasteiger partial charge in [-0.1, -0.05) is 26.0 Å². The molecular weight excluding hydrogens is 272 g/mol. The molecule has 0 bridgehead atoms. The summed E-state index contributed by atoms with van der Waals surface area (Å²) in [5.41, 5.74) is 0.149. The molecule has 0 aliphatic heterocycles. The highest BCUT2D eigenvalue weighted by molar-refractivity contribution is 7.99. The van der Waals surface area contributed by atoms with Crippen molar-refractivity contribution in [1.82, 2.24) is 0 Å².